The fourth-order valence-corrected chi connectivity index (χ4v) is 2.26. The van der Waals surface area contributed by atoms with E-state index in [4.69, 9.17) is 11.5 Å². The van der Waals surface area contributed by atoms with Crippen LogP contribution in [0.3, 0.4) is 0 Å². The van der Waals surface area contributed by atoms with E-state index < -0.39 is 0 Å². The Kier molecular flexibility index (Phi) is 5.14. The van der Waals surface area contributed by atoms with E-state index >= 15 is 0 Å². The normalized spacial score (nSPS) is 17.8. The molecule has 1 saturated heterocycles. The fourth-order valence-electron chi connectivity index (χ4n) is 2.26. The third-order valence-electron chi connectivity index (χ3n) is 3.44. The summed E-state index contributed by atoms with van der Waals surface area (Å²) in [6, 6.07) is 0. The van der Waals surface area contributed by atoms with Gasteiger partial charge in [-0.25, -0.2) is 0 Å². The van der Waals surface area contributed by atoms with Gasteiger partial charge in [-0.2, -0.15) is 0 Å². The Morgan fingerprint density at radius 2 is 1.83 bits per heavy atom. The second-order valence-electron chi connectivity index (χ2n) is 5.98. The van der Waals surface area contributed by atoms with Crippen LogP contribution in [0.15, 0.2) is 0 Å². The number of nitrogens with zero attached hydrogens (tertiary/aromatic N) is 1. The maximum Gasteiger partial charge on any atom is 0.222 e. The van der Waals surface area contributed by atoms with Gasteiger partial charge >= 0.3 is 0 Å². The molecule has 0 spiro atoms. The number of likely N-dealkylation sites (tertiary alicyclic amines) is 1. The van der Waals surface area contributed by atoms with Crippen molar-refractivity contribution in [2.45, 2.75) is 51.5 Å². The van der Waals surface area contributed by atoms with Crippen molar-refractivity contribution in [3.05, 3.63) is 0 Å². The molecule has 1 aliphatic heterocycles. The highest BCUT2D eigenvalue weighted by Gasteiger charge is 2.24. The minimum Gasteiger partial charge on any atom is -0.370 e. The van der Waals surface area contributed by atoms with Gasteiger partial charge < -0.3 is 16.4 Å². The minimum absolute atomic E-state index is 0.172. The molecule has 0 aromatic carbocycles. The Bertz CT molecular complexity index is 302. The van der Waals surface area contributed by atoms with Crippen molar-refractivity contribution in [3.63, 3.8) is 0 Å². The summed E-state index contributed by atoms with van der Waals surface area (Å²) < 4.78 is 0. The third kappa shape index (κ3) is 5.49. The molecule has 1 fully saturated rings. The van der Waals surface area contributed by atoms with Gasteiger partial charge in [-0.05, 0) is 39.0 Å². The lowest BCUT2D eigenvalue weighted by Gasteiger charge is -2.32. The molecule has 0 saturated carbocycles. The highest BCUT2D eigenvalue weighted by molar-refractivity contribution is 5.76. The van der Waals surface area contributed by atoms with Gasteiger partial charge in [0, 0.05) is 31.5 Å². The second kappa shape index (κ2) is 6.18. The third-order valence-corrected chi connectivity index (χ3v) is 3.44. The number of carbonyl (C=O) groups is 2. The first-order valence-corrected chi connectivity index (χ1v) is 6.63. The summed E-state index contributed by atoms with van der Waals surface area (Å²) in [5.41, 5.74) is 10.8. The average Bonchev–Trinajstić information content (AvgIpc) is 2.25. The maximum atomic E-state index is 12.0. The number of hydrogen-bond acceptors (Lipinski definition) is 3. The van der Waals surface area contributed by atoms with E-state index in [2.05, 4.69) is 0 Å². The van der Waals surface area contributed by atoms with E-state index in [1.807, 2.05) is 18.7 Å². The van der Waals surface area contributed by atoms with Crippen LogP contribution in [-0.2, 0) is 9.59 Å². The van der Waals surface area contributed by atoms with Gasteiger partial charge in [-0.15, -0.1) is 0 Å². The monoisotopic (exact) mass is 255 g/mol. The van der Waals surface area contributed by atoms with Crippen LogP contribution in [0.2, 0.25) is 0 Å². The SMILES string of the molecule is CC(C)(N)CCC(=O)N1CCC(CC(N)=O)CC1. The van der Waals surface area contributed by atoms with Crippen molar-refractivity contribution in [2.24, 2.45) is 17.4 Å². The summed E-state index contributed by atoms with van der Waals surface area (Å²) in [4.78, 5) is 24.7. The number of amides is 2. The van der Waals surface area contributed by atoms with Crippen LogP contribution in [0, 0.1) is 5.92 Å². The molecule has 0 unspecified atom stereocenters. The molecule has 1 aliphatic rings. The lowest BCUT2D eigenvalue weighted by atomic mass is 9.92. The van der Waals surface area contributed by atoms with Gasteiger partial charge in [-0.3, -0.25) is 9.59 Å². The smallest absolute Gasteiger partial charge is 0.222 e. The number of nitrogens with two attached hydrogens (primary N) is 2. The summed E-state index contributed by atoms with van der Waals surface area (Å²) in [5, 5.41) is 0. The van der Waals surface area contributed by atoms with Crippen LogP contribution in [-0.4, -0.2) is 35.3 Å². The summed E-state index contributed by atoms with van der Waals surface area (Å²) >= 11 is 0. The van der Waals surface area contributed by atoms with Crippen molar-refractivity contribution >= 4 is 11.8 Å². The lowest BCUT2D eigenvalue weighted by Crippen LogP contribution is -2.41. The molecular weight excluding hydrogens is 230 g/mol. The quantitative estimate of drug-likeness (QED) is 0.754. The summed E-state index contributed by atoms with van der Waals surface area (Å²) in [5.74, 6) is 0.271. The largest absolute Gasteiger partial charge is 0.370 e. The highest BCUT2D eigenvalue weighted by atomic mass is 16.2. The number of carbonyl (C=O) groups excluding carboxylic acids is 2. The predicted octanol–water partition coefficient (Wildman–Crippen LogP) is 0.618. The number of rotatable bonds is 5. The second-order valence-corrected chi connectivity index (χ2v) is 5.98. The first kappa shape index (κ1) is 15.0. The van der Waals surface area contributed by atoms with Crippen molar-refractivity contribution < 1.29 is 9.59 Å². The molecule has 5 heteroatoms. The summed E-state index contributed by atoms with van der Waals surface area (Å²) in [6.07, 6.45) is 3.40. The first-order valence-electron chi connectivity index (χ1n) is 6.63. The van der Waals surface area contributed by atoms with Crippen molar-refractivity contribution in [1.29, 1.82) is 0 Å². The number of primary amides is 1. The van der Waals surface area contributed by atoms with Crippen LogP contribution < -0.4 is 11.5 Å². The predicted molar refractivity (Wildman–Crippen MR) is 70.6 cm³/mol. The topological polar surface area (TPSA) is 89.4 Å². The maximum absolute atomic E-state index is 12.0. The Morgan fingerprint density at radius 3 is 2.28 bits per heavy atom. The van der Waals surface area contributed by atoms with Crippen LogP contribution in [0.5, 0.6) is 0 Å². The molecule has 4 N–H and O–H groups in total. The molecule has 0 aromatic rings. The zero-order valence-electron chi connectivity index (χ0n) is 11.4. The molecule has 2 amide bonds. The van der Waals surface area contributed by atoms with E-state index in [-0.39, 0.29) is 17.4 Å². The molecule has 18 heavy (non-hydrogen) atoms. The Morgan fingerprint density at radius 1 is 1.28 bits per heavy atom. The van der Waals surface area contributed by atoms with Gasteiger partial charge in [0.05, 0.1) is 0 Å². The molecule has 1 rings (SSSR count). The van der Waals surface area contributed by atoms with Gasteiger partial charge in [0.1, 0.15) is 0 Å². The summed E-state index contributed by atoms with van der Waals surface area (Å²) in [6.45, 7) is 5.34. The van der Waals surface area contributed by atoms with E-state index in [1.165, 1.54) is 0 Å². The molecule has 0 aliphatic carbocycles. The first-order chi connectivity index (χ1) is 8.28. The van der Waals surface area contributed by atoms with Crippen LogP contribution >= 0.6 is 0 Å². The molecule has 0 radical (unpaired) electrons. The molecule has 0 aromatic heterocycles. The summed E-state index contributed by atoms with van der Waals surface area (Å²) in [7, 11) is 0. The van der Waals surface area contributed by atoms with E-state index in [9.17, 15) is 9.59 Å². The van der Waals surface area contributed by atoms with Crippen LogP contribution in [0.1, 0.15) is 46.0 Å². The minimum atomic E-state index is -0.292. The zero-order chi connectivity index (χ0) is 13.8. The van der Waals surface area contributed by atoms with Gasteiger partial charge in [0.25, 0.3) is 0 Å². The average molecular weight is 255 g/mol. The van der Waals surface area contributed by atoms with Crippen LogP contribution in [0.4, 0.5) is 0 Å². The van der Waals surface area contributed by atoms with Gasteiger partial charge in [0.2, 0.25) is 11.8 Å². The van der Waals surface area contributed by atoms with E-state index in [0.29, 0.717) is 25.2 Å². The lowest BCUT2D eigenvalue weighted by molar-refractivity contribution is -0.133. The Hall–Kier alpha value is -1.10. The standard InChI is InChI=1S/C13H25N3O2/c1-13(2,15)6-3-12(18)16-7-4-10(5-8-16)9-11(14)17/h10H,3-9,15H2,1-2H3,(H2,14,17). The van der Waals surface area contributed by atoms with Crippen molar-refractivity contribution in [3.8, 4) is 0 Å². The van der Waals surface area contributed by atoms with Crippen molar-refractivity contribution in [1.82, 2.24) is 4.90 Å². The molecule has 5 nitrogen and oxygen atoms in total. The fraction of sp³-hybridized carbons (Fsp3) is 0.846. The van der Waals surface area contributed by atoms with Gasteiger partial charge in [0.15, 0.2) is 0 Å². The molecule has 104 valence electrons. The van der Waals surface area contributed by atoms with E-state index in [1.54, 1.807) is 0 Å². The molecule has 0 bridgehead atoms. The van der Waals surface area contributed by atoms with Crippen molar-refractivity contribution in [2.75, 3.05) is 13.1 Å². The molecular formula is C13H25N3O2. The highest BCUT2D eigenvalue weighted by Crippen LogP contribution is 2.21. The Labute approximate surface area is 109 Å². The number of hydrogen-bond donors (Lipinski definition) is 2. The Balaban J connectivity index is 2.29. The molecule has 1 heterocycles. The molecule has 0 atom stereocenters. The van der Waals surface area contributed by atoms with Gasteiger partial charge in [-0.1, -0.05) is 0 Å². The number of piperidine rings is 1. The zero-order valence-corrected chi connectivity index (χ0v) is 11.4. The van der Waals surface area contributed by atoms with E-state index in [0.717, 1.165) is 25.9 Å². The van der Waals surface area contributed by atoms with Crippen LogP contribution in [0.25, 0.3) is 0 Å².